The van der Waals surface area contributed by atoms with Crippen LogP contribution in [0.25, 0.3) is 11.3 Å². The van der Waals surface area contributed by atoms with Crippen LogP contribution in [0.5, 0.6) is 5.75 Å². The van der Waals surface area contributed by atoms with E-state index >= 15 is 0 Å². The van der Waals surface area contributed by atoms with E-state index in [1.54, 1.807) is 13.2 Å². The molecule has 0 spiro atoms. The van der Waals surface area contributed by atoms with E-state index in [4.69, 9.17) is 4.74 Å². The normalized spacial score (nSPS) is 19.1. The predicted octanol–water partition coefficient (Wildman–Crippen LogP) is 1.25. The lowest BCUT2D eigenvalue weighted by Crippen LogP contribution is -2.30. The van der Waals surface area contributed by atoms with Crippen molar-refractivity contribution in [3.8, 4) is 17.0 Å². The van der Waals surface area contributed by atoms with Crippen molar-refractivity contribution in [3.63, 3.8) is 0 Å². The largest absolute Gasteiger partial charge is 0.496 e. The summed E-state index contributed by atoms with van der Waals surface area (Å²) in [5, 5.41) is 9.63. The number of benzene rings is 1. The molecule has 2 N–H and O–H groups in total. The lowest BCUT2D eigenvalue weighted by atomic mass is 10.1. The van der Waals surface area contributed by atoms with Crippen LogP contribution in [-0.4, -0.2) is 49.7 Å². The summed E-state index contributed by atoms with van der Waals surface area (Å²) in [6.45, 7) is 0.348. The standard InChI is InChI=1S/C16H19N3O4S/c1-23-15-5-3-2-4-12(15)13-8-14(19-18-13)16(20)17-9-11-6-7-24(21,22)10-11/h2-5,8,11H,6-7,9-10H2,1H3,(H,17,20)(H,18,19). The second kappa shape index (κ2) is 6.64. The Bertz CT molecular complexity index is 845. The zero-order valence-electron chi connectivity index (χ0n) is 13.3. The van der Waals surface area contributed by atoms with E-state index in [0.29, 0.717) is 30.1 Å². The highest BCUT2D eigenvalue weighted by Gasteiger charge is 2.28. The van der Waals surface area contributed by atoms with Crippen LogP contribution in [0.1, 0.15) is 16.9 Å². The Morgan fingerprint density at radius 2 is 2.21 bits per heavy atom. The smallest absolute Gasteiger partial charge is 0.269 e. The summed E-state index contributed by atoms with van der Waals surface area (Å²) in [6.07, 6.45) is 0.595. The summed E-state index contributed by atoms with van der Waals surface area (Å²) < 4.78 is 28.2. The molecule has 3 rings (SSSR count). The molecule has 24 heavy (non-hydrogen) atoms. The Balaban J connectivity index is 1.66. The first-order chi connectivity index (χ1) is 11.5. The van der Waals surface area contributed by atoms with Crippen LogP contribution in [0.2, 0.25) is 0 Å². The second-order valence-electron chi connectivity index (χ2n) is 5.85. The highest BCUT2D eigenvalue weighted by molar-refractivity contribution is 7.91. The number of nitrogens with one attached hydrogen (secondary N) is 2. The second-order valence-corrected chi connectivity index (χ2v) is 8.07. The van der Waals surface area contributed by atoms with Gasteiger partial charge in [0.1, 0.15) is 11.4 Å². The third-order valence-corrected chi connectivity index (χ3v) is 5.92. The molecule has 1 aromatic heterocycles. The maximum absolute atomic E-state index is 12.2. The molecule has 0 bridgehead atoms. The molecule has 1 aliphatic heterocycles. The van der Waals surface area contributed by atoms with Gasteiger partial charge in [-0.1, -0.05) is 12.1 Å². The SMILES string of the molecule is COc1ccccc1-c1cc(C(=O)NCC2CCS(=O)(=O)C2)[nH]n1. The maximum atomic E-state index is 12.2. The van der Waals surface area contributed by atoms with Crippen LogP contribution in [0.15, 0.2) is 30.3 Å². The molecule has 0 aliphatic carbocycles. The minimum atomic E-state index is -2.93. The first-order valence-corrected chi connectivity index (χ1v) is 9.48. The number of rotatable bonds is 5. The summed E-state index contributed by atoms with van der Waals surface area (Å²) >= 11 is 0. The van der Waals surface area contributed by atoms with Crippen molar-refractivity contribution in [2.24, 2.45) is 5.92 Å². The Morgan fingerprint density at radius 1 is 1.42 bits per heavy atom. The summed E-state index contributed by atoms with van der Waals surface area (Å²) in [5.74, 6) is 0.703. The van der Waals surface area contributed by atoms with E-state index in [1.807, 2.05) is 24.3 Å². The molecular weight excluding hydrogens is 330 g/mol. The summed E-state index contributed by atoms with van der Waals surface area (Å²) in [4.78, 5) is 12.2. The molecule has 1 aliphatic rings. The van der Waals surface area contributed by atoms with Gasteiger partial charge in [-0.05, 0) is 30.5 Å². The lowest BCUT2D eigenvalue weighted by molar-refractivity contribution is 0.0943. The molecule has 0 saturated carbocycles. The molecule has 2 aromatic rings. The first kappa shape index (κ1) is 16.5. The van der Waals surface area contributed by atoms with Crippen LogP contribution in [0.3, 0.4) is 0 Å². The van der Waals surface area contributed by atoms with Gasteiger partial charge in [-0.25, -0.2) is 8.42 Å². The molecule has 8 heteroatoms. The van der Waals surface area contributed by atoms with Gasteiger partial charge in [-0.2, -0.15) is 5.10 Å². The fourth-order valence-electron chi connectivity index (χ4n) is 2.80. The molecule has 1 saturated heterocycles. The number of carbonyl (C=O) groups is 1. The quantitative estimate of drug-likeness (QED) is 0.846. The molecule has 0 radical (unpaired) electrons. The molecular formula is C16H19N3O4S. The van der Waals surface area contributed by atoms with E-state index in [2.05, 4.69) is 15.5 Å². The van der Waals surface area contributed by atoms with E-state index in [1.165, 1.54) is 0 Å². The number of aromatic amines is 1. The van der Waals surface area contributed by atoms with Gasteiger partial charge in [0.05, 0.1) is 24.3 Å². The topological polar surface area (TPSA) is 101 Å². The fraction of sp³-hybridized carbons (Fsp3) is 0.375. The monoisotopic (exact) mass is 349 g/mol. The highest BCUT2D eigenvalue weighted by atomic mass is 32.2. The van der Waals surface area contributed by atoms with Crippen LogP contribution in [0, 0.1) is 5.92 Å². The number of H-pyrrole nitrogens is 1. The number of sulfone groups is 1. The Hall–Kier alpha value is -2.35. The predicted molar refractivity (Wildman–Crippen MR) is 89.7 cm³/mol. The highest BCUT2D eigenvalue weighted by Crippen LogP contribution is 2.28. The van der Waals surface area contributed by atoms with Crippen LogP contribution >= 0.6 is 0 Å². The van der Waals surface area contributed by atoms with E-state index in [-0.39, 0.29) is 23.3 Å². The fourth-order valence-corrected chi connectivity index (χ4v) is 4.66. The van der Waals surface area contributed by atoms with Gasteiger partial charge < -0.3 is 10.1 Å². The zero-order valence-corrected chi connectivity index (χ0v) is 14.1. The Morgan fingerprint density at radius 3 is 2.92 bits per heavy atom. The Kier molecular flexibility index (Phi) is 4.57. The van der Waals surface area contributed by atoms with Gasteiger partial charge in [0.25, 0.3) is 5.91 Å². The number of amides is 1. The van der Waals surface area contributed by atoms with Crippen molar-refractivity contribution in [3.05, 3.63) is 36.0 Å². The number of carbonyl (C=O) groups excluding carboxylic acids is 1. The van der Waals surface area contributed by atoms with Crippen molar-refractivity contribution in [1.82, 2.24) is 15.5 Å². The average molecular weight is 349 g/mol. The number of hydrogen-bond acceptors (Lipinski definition) is 5. The minimum absolute atomic E-state index is 0.0180. The molecule has 7 nitrogen and oxygen atoms in total. The average Bonchev–Trinajstić information content (AvgIpc) is 3.19. The molecule has 2 heterocycles. The van der Waals surface area contributed by atoms with E-state index in [0.717, 1.165) is 5.56 Å². The number of hydrogen-bond donors (Lipinski definition) is 2. The third kappa shape index (κ3) is 3.59. The maximum Gasteiger partial charge on any atom is 0.269 e. The third-order valence-electron chi connectivity index (χ3n) is 4.08. The van der Waals surface area contributed by atoms with Gasteiger partial charge in [0.2, 0.25) is 0 Å². The summed E-state index contributed by atoms with van der Waals surface area (Å²) in [5.41, 5.74) is 1.73. The van der Waals surface area contributed by atoms with Gasteiger partial charge in [-0.3, -0.25) is 9.89 Å². The number of ether oxygens (including phenoxy) is 1. The number of para-hydroxylation sites is 1. The van der Waals surface area contributed by atoms with Gasteiger partial charge in [-0.15, -0.1) is 0 Å². The van der Waals surface area contributed by atoms with Crippen molar-refractivity contribution >= 4 is 15.7 Å². The molecule has 128 valence electrons. The number of nitrogens with zero attached hydrogens (tertiary/aromatic N) is 1. The van der Waals surface area contributed by atoms with Crippen molar-refractivity contribution in [2.45, 2.75) is 6.42 Å². The van der Waals surface area contributed by atoms with Crippen molar-refractivity contribution in [1.29, 1.82) is 0 Å². The molecule has 1 fully saturated rings. The van der Waals surface area contributed by atoms with Crippen molar-refractivity contribution < 1.29 is 17.9 Å². The lowest BCUT2D eigenvalue weighted by Gasteiger charge is -2.08. The zero-order chi connectivity index (χ0) is 17.2. The molecule has 1 unspecified atom stereocenters. The number of methoxy groups -OCH3 is 1. The van der Waals surface area contributed by atoms with Crippen LogP contribution in [0.4, 0.5) is 0 Å². The van der Waals surface area contributed by atoms with Crippen LogP contribution in [-0.2, 0) is 9.84 Å². The summed E-state index contributed by atoms with van der Waals surface area (Å²) in [6, 6.07) is 9.06. The van der Waals surface area contributed by atoms with Crippen LogP contribution < -0.4 is 10.1 Å². The van der Waals surface area contributed by atoms with Crippen molar-refractivity contribution in [2.75, 3.05) is 25.2 Å². The number of aromatic nitrogens is 2. The Labute approximate surface area is 140 Å². The van der Waals surface area contributed by atoms with Gasteiger partial charge >= 0.3 is 0 Å². The van der Waals surface area contributed by atoms with Gasteiger partial charge in [0, 0.05) is 12.1 Å². The first-order valence-electron chi connectivity index (χ1n) is 7.66. The molecule has 1 amide bonds. The van der Waals surface area contributed by atoms with Gasteiger partial charge in [0.15, 0.2) is 9.84 Å². The summed E-state index contributed by atoms with van der Waals surface area (Å²) in [7, 11) is -1.35. The molecule has 1 aromatic carbocycles. The van der Waals surface area contributed by atoms with E-state index < -0.39 is 9.84 Å². The van der Waals surface area contributed by atoms with E-state index in [9.17, 15) is 13.2 Å². The molecule has 1 atom stereocenters. The minimum Gasteiger partial charge on any atom is -0.496 e.